The van der Waals surface area contributed by atoms with Crippen molar-refractivity contribution in [1.82, 2.24) is 5.32 Å². The molecular weight excluding hydrogens is 224 g/mol. The summed E-state index contributed by atoms with van der Waals surface area (Å²) < 4.78 is 5.11. The lowest BCUT2D eigenvalue weighted by Crippen LogP contribution is -2.50. The minimum absolute atomic E-state index is 0.352. The molecule has 1 aromatic carbocycles. The molecule has 6 heteroatoms. The molecule has 0 spiro atoms. The van der Waals surface area contributed by atoms with Gasteiger partial charge in [0.25, 0.3) is 6.23 Å². The van der Waals surface area contributed by atoms with Gasteiger partial charge in [-0.3, -0.25) is 4.79 Å². The number of carbonyl (C=O) groups is 2. The van der Waals surface area contributed by atoms with Crippen LogP contribution in [0.4, 0.5) is 0 Å². The highest BCUT2D eigenvalue weighted by Crippen LogP contribution is 2.10. The van der Waals surface area contributed by atoms with Gasteiger partial charge >= 0.3 is 5.97 Å². The fourth-order valence-electron chi connectivity index (χ4n) is 1.04. The van der Waals surface area contributed by atoms with E-state index in [-0.39, 0.29) is 0 Å². The molecule has 1 amide bonds. The molecule has 0 radical (unpaired) electrons. The maximum atomic E-state index is 11.3. The summed E-state index contributed by atoms with van der Waals surface area (Å²) in [6.45, 7) is 1.46. The normalized spacial score (nSPS) is 13.5. The van der Waals surface area contributed by atoms with Crippen molar-refractivity contribution in [2.24, 2.45) is 5.73 Å². The fraction of sp³-hybridized carbons (Fsp3) is 0.273. The van der Waals surface area contributed by atoms with Crippen LogP contribution in [0.2, 0.25) is 0 Å². The first-order valence-corrected chi connectivity index (χ1v) is 5.01. The quantitative estimate of drug-likeness (QED) is 0.624. The van der Waals surface area contributed by atoms with Gasteiger partial charge in [0.05, 0.1) is 6.04 Å². The second-order valence-electron chi connectivity index (χ2n) is 3.45. The standard InChI is InChI=1S/C11H14N2O4/c1-7(12)9(14)13-10(11(15)16)17-8-5-3-2-4-6-8/h2-7,10H,12H2,1H3,(H,13,14)(H,15,16)/t7-,10+/m0/s1. The largest absolute Gasteiger partial charge is 0.477 e. The Morgan fingerprint density at radius 3 is 2.41 bits per heavy atom. The minimum Gasteiger partial charge on any atom is -0.477 e. The summed E-state index contributed by atoms with van der Waals surface area (Å²) in [6.07, 6.45) is -1.45. The van der Waals surface area contributed by atoms with Crippen LogP contribution >= 0.6 is 0 Å². The van der Waals surface area contributed by atoms with Crippen molar-refractivity contribution in [3.63, 3.8) is 0 Å². The summed E-state index contributed by atoms with van der Waals surface area (Å²) >= 11 is 0. The molecule has 92 valence electrons. The summed E-state index contributed by atoms with van der Waals surface area (Å²) in [5.74, 6) is -1.53. The average Bonchev–Trinajstić information content (AvgIpc) is 2.29. The van der Waals surface area contributed by atoms with E-state index >= 15 is 0 Å². The molecule has 0 aliphatic carbocycles. The van der Waals surface area contributed by atoms with Crippen LogP contribution in [-0.2, 0) is 9.59 Å². The van der Waals surface area contributed by atoms with E-state index in [0.717, 1.165) is 0 Å². The van der Waals surface area contributed by atoms with Gasteiger partial charge in [0, 0.05) is 0 Å². The third-order valence-corrected chi connectivity index (χ3v) is 1.91. The van der Waals surface area contributed by atoms with Gasteiger partial charge in [-0.25, -0.2) is 4.79 Å². The van der Waals surface area contributed by atoms with Crippen molar-refractivity contribution in [3.8, 4) is 5.75 Å². The zero-order valence-electron chi connectivity index (χ0n) is 9.29. The molecule has 0 aromatic heterocycles. The lowest BCUT2D eigenvalue weighted by atomic mass is 10.3. The lowest BCUT2D eigenvalue weighted by molar-refractivity contribution is -0.149. The molecule has 0 unspecified atom stereocenters. The van der Waals surface area contributed by atoms with Crippen molar-refractivity contribution < 1.29 is 19.4 Å². The first-order valence-electron chi connectivity index (χ1n) is 5.01. The summed E-state index contributed by atoms with van der Waals surface area (Å²) in [5.41, 5.74) is 5.32. The predicted octanol–water partition coefficient (Wildman–Crippen LogP) is -0.0605. The Morgan fingerprint density at radius 2 is 1.94 bits per heavy atom. The van der Waals surface area contributed by atoms with Crippen molar-refractivity contribution in [2.75, 3.05) is 0 Å². The molecular formula is C11H14N2O4. The van der Waals surface area contributed by atoms with E-state index in [1.165, 1.54) is 6.92 Å². The number of nitrogens with one attached hydrogen (secondary N) is 1. The molecule has 6 nitrogen and oxygen atoms in total. The topological polar surface area (TPSA) is 102 Å². The Morgan fingerprint density at radius 1 is 1.35 bits per heavy atom. The van der Waals surface area contributed by atoms with E-state index < -0.39 is 24.1 Å². The third kappa shape index (κ3) is 4.12. The Hall–Kier alpha value is -2.08. The number of aliphatic carboxylic acids is 1. The molecule has 0 aliphatic heterocycles. The van der Waals surface area contributed by atoms with Crippen molar-refractivity contribution in [2.45, 2.75) is 19.2 Å². The number of para-hydroxylation sites is 1. The molecule has 2 atom stereocenters. The maximum Gasteiger partial charge on any atom is 0.366 e. The minimum atomic E-state index is -1.45. The molecule has 1 aromatic rings. The number of nitrogens with two attached hydrogens (primary N) is 1. The van der Waals surface area contributed by atoms with Crippen LogP contribution in [0.1, 0.15) is 6.92 Å². The van der Waals surface area contributed by atoms with Crippen LogP contribution in [0.25, 0.3) is 0 Å². The van der Waals surface area contributed by atoms with Crippen LogP contribution < -0.4 is 15.8 Å². The monoisotopic (exact) mass is 238 g/mol. The number of carbonyl (C=O) groups excluding carboxylic acids is 1. The Kier molecular flexibility index (Phi) is 4.47. The molecule has 17 heavy (non-hydrogen) atoms. The SMILES string of the molecule is C[C@H](N)C(=O)N[C@H](Oc1ccccc1)C(=O)O. The maximum absolute atomic E-state index is 11.3. The van der Waals surface area contributed by atoms with Crippen molar-refractivity contribution in [1.29, 1.82) is 0 Å². The van der Waals surface area contributed by atoms with E-state index in [2.05, 4.69) is 5.32 Å². The highest BCUT2D eigenvalue weighted by Gasteiger charge is 2.23. The highest BCUT2D eigenvalue weighted by atomic mass is 16.5. The fourth-order valence-corrected chi connectivity index (χ4v) is 1.04. The van der Waals surface area contributed by atoms with Gasteiger partial charge < -0.3 is 20.9 Å². The first-order chi connectivity index (χ1) is 8.00. The van der Waals surface area contributed by atoms with Crippen LogP contribution in [0.5, 0.6) is 5.75 Å². The van der Waals surface area contributed by atoms with Gasteiger partial charge in [0.1, 0.15) is 5.75 Å². The van der Waals surface area contributed by atoms with Crippen LogP contribution in [-0.4, -0.2) is 29.3 Å². The number of hydrogen-bond acceptors (Lipinski definition) is 4. The Balaban J connectivity index is 2.68. The highest BCUT2D eigenvalue weighted by molar-refractivity contribution is 5.85. The smallest absolute Gasteiger partial charge is 0.366 e. The molecule has 1 rings (SSSR count). The number of amides is 1. The molecule has 4 N–H and O–H groups in total. The van der Waals surface area contributed by atoms with E-state index in [9.17, 15) is 9.59 Å². The zero-order valence-corrected chi connectivity index (χ0v) is 9.29. The zero-order chi connectivity index (χ0) is 12.8. The summed E-state index contributed by atoms with van der Waals surface area (Å²) in [6, 6.07) is 7.55. The molecule has 0 aliphatic rings. The van der Waals surface area contributed by atoms with E-state index in [4.69, 9.17) is 15.6 Å². The van der Waals surface area contributed by atoms with Crippen molar-refractivity contribution in [3.05, 3.63) is 30.3 Å². The van der Waals surface area contributed by atoms with Crippen LogP contribution in [0.15, 0.2) is 30.3 Å². The summed E-state index contributed by atoms with van der Waals surface area (Å²) in [4.78, 5) is 22.1. The van der Waals surface area contributed by atoms with Gasteiger partial charge in [-0.1, -0.05) is 18.2 Å². The van der Waals surface area contributed by atoms with Crippen molar-refractivity contribution >= 4 is 11.9 Å². The number of ether oxygens (including phenoxy) is 1. The number of rotatable bonds is 5. The second-order valence-corrected chi connectivity index (χ2v) is 3.45. The van der Waals surface area contributed by atoms with E-state index in [1.807, 2.05) is 0 Å². The third-order valence-electron chi connectivity index (χ3n) is 1.91. The molecule has 0 bridgehead atoms. The Bertz CT molecular complexity index is 392. The first kappa shape index (κ1) is 13.0. The summed E-state index contributed by atoms with van der Waals surface area (Å²) in [7, 11) is 0. The van der Waals surface area contributed by atoms with E-state index in [1.54, 1.807) is 30.3 Å². The van der Waals surface area contributed by atoms with Crippen LogP contribution in [0.3, 0.4) is 0 Å². The van der Waals surface area contributed by atoms with Crippen LogP contribution in [0, 0.1) is 0 Å². The van der Waals surface area contributed by atoms with Gasteiger partial charge in [0.2, 0.25) is 5.91 Å². The lowest BCUT2D eigenvalue weighted by Gasteiger charge is -2.17. The predicted molar refractivity (Wildman–Crippen MR) is 60.3 cm³/mol. The number of hydrogen-bond donors (Lipinski definition) is 3. The van der Waals surface area contributed by atoms with Gasteiger partial charge in [-0.05, 0) is 19.1 Å². The summed E-state index contributed by atoms with van der Waals surface area (Å²) in [5, 5.41) is 11.1. The number of carboxylic acid groups (broad SMARTS) is 1. The van der Waals surface area contributed by atoms with Gasteiger partial charge in [-0.2, -0.15) is 0 Å². The van der Waals surface area contributed by atoms with Gasteiger partial charge in [0.15, 0.2) is 0 Å². The number of benzene rings is 1. The van der Waals surface area contributed by atoms with Gasteiger partial charge in [-0.15, -0.1) is 0 Å². The molecule has 0 fully saturated rings. The van der Waals surface area contributed by atoms with E-state index in [0.29, 0.717) is 5.75 Å². The molecule has 0 saturated heterocycles. The average molecular weight is 238 g/mol. The molecule has 0 saturated carbocycles. The number of carboxylic acids is 1. The second kappa shape index (κ2) is 5.86. The Labute approximate surface area is 98.4 Å². The molecule has 0 heterocycles.